The second kappa shape index (κ2) is 16.2. The van der Waals surface area contributed by atoms with Crippen LogP contribution in [0.25, 0.3) is 0 Å². The minimum absolute atomic E-state index is 0.677. The lowest BCUT2D eigenvalue weighted by atomic mass is 10.4. The van der Waals surface area contributed by atoms with E-state index in [1.807, 2.05) is 27.7 Å². The number of carbonyl (C=O) groups excluding carboxylic acids is 1. The van der Waals surface area contributed by atoms with Crippen LogP contribution in [0, 0.1) is 0 Å². The largest absolute Gasteiger partial charge is 0.484 e. The van der Waals surface area contributed by atoms with Gasteiger partial charge in [-0.2, -0.15) is 0 Å². The molecule has 0 atom stereocenters. The zero-order chi connectivity index (χ0) is 11.9. The van der Waals surface area contributed by atoms with E-state index in [1.165, 1.54) is 0 Å². The topological polar surface area (TPSA) is 44.8 Å². The molecule has 0 unspecified atom stereocenters. The monoisotopic (exact) mass is 236 g/mol. The van der Waals surface area contributed by atoms with Crippen molar-refractivity contribution in [1.82, 2.24) is 0 Å². The van der Waals surface area contributed by atoms with Crippen LogP contribution in [0.15, 0.2) is 0 Å². The average molecular weight is 236 g/mol. The third-order valence-corrected chi connectivity index (χ3v) is 3.13. The van der Waals surface area contributed by atoms with Gasteiger partial charge in [0.1, 0.15) is 6.29 Å². The van der Waals surface area contributed by atoms with Gasteiger partial charge < -0.3 is 18.1 Å². The number of hydrogen-bond acceptors (Lipinski definition) is 4. The standard InChI is InChI=1S/C6H16O3Si.C4H8O/c1-4-7-10(8-5-2)9-6-3;1-2-3-4-5/h10H,4-6H2,1-3H3;4H,2-3H2,1H3. The van der Waals surface area contributed by atoms with Gasteiger partial charge in [-0.3, -0.25) is 0 Å². The molecule has 5 heteroatoms. The molecule has 4 nitrogen and oxygen atoms in total. The number of aldehydes is 1. The third-order valence-electron chi connectivity index (χ3n) is 1.31. The SMILES string of the molecule is CCCC=O.CCO[SiH](OCC)OCC. The molecule has 0 heterocycles. The van der Waals surface area contributed by atoms with E-state index in [2.05, 4.69) is 0 Å². The highest BCUT2D eigenvalue weighted by molar-refractivity contribution is 6.36. The van der Waals surface area contributed by atoms with E-state index < -0.39 is 9.53 Å². The molecule has 92 valence electrons. The van der Waals surface area contributed by atoms with E-state index in [0.29, 0.717) is 26.2 Å². The first kappa shape index (κ1) is 17.2. The molecular formula is C10H24O4Si. The van der Waals surface area contributed by atoms with Crippen LogP contribution < -0.4 is 0 Å². The lowest BCUT2D eigenvalue weighted by molar-refractivity contribution is -0.107. The molecule has 0 bridgehead atoms. The van der Waals surface area contributed by atoms with Crippen LogP contribution in [0.4, 0.5) is 0 Å². The van der Waals surface area contributed by atoms with E-state index in [9.17, 15) is 4.79 Å². The molecule has 0 aromatic heterocycles. The van der Waals surface area contributed by atoms with Crippen molar-refractivity contribution < 1.29 is 18.1 Å². The molecule has 0 aliphatic rings. The highest BCUT2D eigenvalue weighted by atomic mass is 28.3. The molecular weight excluding hydrogens is 212 g/mol. The van der Waals surface area contributed by atoms with E-state index in [0.717, 1.165) is 12.7 Å². The van der Waals surface area contributed by atoms with Crippen molar-refractivity contribution in [3.63, 3.8) is 0 Å². The molecule has 0 radical (unpaired) electrons. The maximum Gasteiger partial charge on any atom is 0.484 e. The van der Waals surface area contributed by atoms with Gasteiger partial charge in [0.25, 0.3) is 0 Å². The maximum absolute atomic E-state index is 9.40. The number of unbranched alkanes of at least 4 members (excludes halogenated alkanes) is 1. The summed E-state index contributed by atoms with van der Waals surface area (Å²) in [6.07, 6.45) is 2.61. The third kappa shape index (κ3) is 16.4. The summed E-state index contributed by atoms with van der Waals surface area (Å²) < 4.78 is 15.7. The Morgan fingerprint density at radius 1 is 0.933 bits per heavy atom. The van der Waals surface area contributed by atoms with Crippen molar-refractivity contribution in [2.24, 2.45) is 0 Å². The molecule has 0 saturated heterocycles. The molecule has 0 aromatic rings. The number of carbonyl (C=O) groups is 1. The van der Waals surface area contributed by atoms with Gasteiger partial charge in [0.15, 0.2) is 0 Å². The fourth-order valence-corrected chi connectivity index (χ4v) is 1.78. The molecule has 0 saturated carbocycles. The number of rotatable bonds is 8. The van der Waals surface area contributed by atoms with Gasteiger partial charge in [-0.1, -0.05) is 6.92 Å². The molecule has 0 spiro atoms. The Balaban J connectivity index is 0. The Bertz CT molecular complexity index is 108. The van der Waals surface area contributed by atoms with Crippen LogP contribution in [0.5, 0.6) is 0 Å². The van der Waals surface area contributed by atoms with Crippen molar-refractivity contribution in [3.8, 4) is 0 Å². The summed E-state index contributed by atoms with van der Waals surface area (Å²) in [6, 6.07) is 0. The Kier molecular flexibility index (Phi) is 18.6. The molecule has 0 aliphatic heterocycles. The van der Waals surface area contributed by atoms with Gasteiger partial charge in [0.2, 0.25) is 0 Å². The minimum atomic E-state index is -1.73. The zero-order valence-electron chi connectivity index (χ0n) is 10.3. The Labute approximate surface area is 94.9 Å². The van der Waals surface area contributed by atoms with Crippen molar-refractivity contribution in [2.45, 2.75) is 40.5 Å². The van der Waals surface area contributed by atoms with Crippen LogP contribution in [-0.2, 0) is 18.1 Å². The average Bonchev–Trinajstić information content (AvgIpc) is 2.21. The van der Waals surface area contributed by atoms with Gasteiger partial charge in [0, 0.05) is 26.2 Å². The van der Waals surface area contributed by atoms with Gasteiger partial charge in [-0.05, 0) is 27.2 Å². The van der Waals surface area contributed by atoms with Crippen LogP contribution >= 0.6 is 0 Å². The lowest BCUT2D eigenvalue weighted by Gasteiger charge is -2.12. The van der Waals surface area contributed by atoms with Gasteiger partial charge in [0.05, 0.1) is 0 Å². The highest BCUT2D eigenvalue weighted by Gasteiger charge is 2.11. The summed E-state index contributed by atoms with van der Waals surface area (Å²) >= 11 is 0. The molecule has 0 rings (SSSR count). The summed E-state index contributed by atoms with van der Waals surface area (Å²) in [7, 11) is -1.73. The summed E-state index contributed by atoms with van der Waals surface area (Å²) in [4.78, 5) is 9.40. The first-order chi connectivity index (χ1) is 7.26. The van der Waals surface area contributed by atoms with Gasteiger partial charge in [-0.15, -0.1) is 0 Å². The number of hydrogen-bond donors (Lipinski definition) is 0. The fourth-order valence-electron chi connectivity index (χ4n) is 0.670. The van der Waals surface area contributed by atoms with Gasteiger partial charge >= 0.3 is 9.53 Å². The molecule has 0 aliphatic carbocycles. The van der Waals surface area contributed by atoms with Crippen molar-refractivity contribution in [2.75, 3.05) is 19.8 Å². The van der Waals surface area contributed by atoms with Gasteiger partial charge in [-0.25, -0.2) is 0 Å². The Hall–Kier alpha value is -0.233. The summed E-state index contributed by atoms with van der Waals surface area (Å²) in [5.41, 5.74) is 0. The summed E-state index contributed by atoms with van der Waals surface area (Å²) in [5.74, 6) is 0. The van der Waals surface area contributed by atoms with E-state index in [-0.39, 0.29) is 0 Å². The zero-order valence-corrected chi connectivity index (χ0v) is 11.5. The normalized spacial score (nSPS) is 9.67. The second-order valence-corrected chi connectivity index (χ2v) is 4.19. The first-order valence-corrected chi connectivity index (χ1v) is 6.96. The summed E-state index contributed by atoms with van der Waals surface area (Å²) in [6.45, 7) is 9.84. The molecule has 0 amide bonds. The summed E-state index contributed by atoms with van der Waals surface area (Å²) in [5, 5.41) is 0. The first-order valence-electron chi connectivity index (χ1n) is 5.55. The quantitative estimate of drug-likeness (QED) is 0.476. The van der Waals surface area contributed by atoms with Crippen LogP contribution in [0.3, 0.4) is 0 Å². The van der Waals surface area contributed by atoms with Crippen molar-refractivity contribution >= 4 is 15.8 Å². The van der Waals surface area contributed by atoms with Crippen LogP contribution in [-0.4, -0.2) is 35.6 Å². The molecule has 0 fully saturated rings. The lowest BCUT2D eigenvalue weighted by Crippen LogP contribution is -2.27. The Morgan fingerprint density at radius 2 is 1.33 bits per heavy atom. The van der Waals surface area contributed by atoms with E-state index in [4.69, 9.17) is 13.3 Å². The molecule has 15 heavy (non-hydrogen) atoms. The predicted molar refractivity (Wildman–Crippen MR) is 63.0 cm³/mol. The molecule has 0 N–H and O–H groups in total. The fraction of sp³-hybridized carbons (Fsp3) is 0.900. The van der Waals surface area contributed by atoms with Crippen molar-refractivity contribution in [1.29, 1.82) is 0 Å². The van der Waals surface area contributed by atoms with Crippen LogP contribution in [0.2, 0.25) is 0 Å². The van der Waals surface area contributed by atoms with E-state index >= 15 is 0 Å². The van der Waals surface area contributed by atoms with Crippen molar-refractivity contribution in [3.05, 3.63) is 0 Å². The Morgan fingerprint density at radius 3 is 1.47 bits per heavy atom. The maximum atomic E-state index is 9.40. The minimum Gasteiger partial charge on any atom is -0.376 e. The van der Waals surface area contributed by atoms with Crippen LogP contribution in [0.1, 0.15) is 40.5 Å². The highest BCUT2D eigenvalue weighted by Crippen LogP contribution is 1.91. The predicted octanol–water partition coefficient (Wildman–Crippen LogP) is 1.80. The van der Waals surface area contributed by atoms with E-state index in [1.54, 1.807) is 0 Å². The smallest absolute Gasteiger partial charge is 0.376 e. The molecule has 0 aromatic carbocycles. The second-order valence-electron chi connectivity index (χ2n) is 2.61.